The number of aromatic nitrogens is 3. The van der Waals surface area contributed by atoms with Crippen molar-refractivity contribution in [2.24, 2.45) is 0 Å². The Balaban J connectivity index is 1.38. The molecule has 3 fully saturated rings. The first-order valence-electron chi connectivity index (χ1n) is 10.8. The van der Waals surface area contributed by atoms with Crippen LogP contribution in [0.25, 0.3) is 5.69 Å². The van der Waals surface area contributed by atoms with Crippen molar-refractivity contribution in [3.8, 4) is 5.69 Å². The molecule has 1 saturated carbocycles. The molecule has 1 aliphatic carbocycles. The van der Waals surface area contributed by atoms with Gasteiger partial charge in [-0.3, -0.25) is 0 Å². The van der Waals surface area contributed by atoms with Gasteiger partial charge in [-0.2, -0.15) is 0 Å². The lowest BCUT2D eigenvalue weighted by molar-refractivity contribution is -0.232. The first-order valence-corrected chi connectivity index (χ1v) is 12.0. The quantitative estimate of drug-likeness (QED) is 0.567. The second kappa shape index (κ2) is 8.31. The fraction of sp³-hybridized carbons (Fsp3) is 0.636. The molecule has 4 atom stereocenters. The summed E-state index contributed by atoms with van der Waals surface area (Å²) < 4.78 is 32.6. The van der Waals surface area contributed by atoms with Gasteiger partial charge in [0.1, 0.15) is 29.2 Å². The van der Waals surface area contributed by atoms with Crippen molar-refractivity contribution < 1.29 is 23.7 Å². The molecule has 0 bridgehead atoms. The third-order valence-electron chi connectivity index (χ3n) is 6.17. The number of fused-ring (bicyclic) bond motifs is 1. The van der Waals surface area contributed by atoms with Gasteiger partial charge in [-0.1, -0.05) is 40.0 Å². The summed E-state index contributed by atoms with van der Waals surface area (Å²) in [5, 5.41) is 9.58. The van der Waals surface area contributed by atoms with E-state index in [0.717, 1.165) is 12.8 Å². The van der Waals surface area contributed by atoms with Crippen LogP contribution >= 0.6 is 34.8 Å². The summed E-state index contributed by atoms with van der Waals surface area (Å²) in [6, 6.07) is 3.21. The largest absolute Gasteiger partial charge is 0.366 e. The van der Waals surface area contributed by atoms with Crippen LogP contribution in [0.3, 0.4) is 0 Å². The highest BCUT2D eigenvalue weighted by atomic mass is 35.5. The van der Waals surface area contributed by atoms with Gasteiger partial charge in [0.25, 0.3) is 0 Å². The predicted molar refractivity (Wildman–Crippen MR) is 122 cm³/mol. The van der Waals surface area contributed by atoms with E-state index in [1.807, 2.05) is 27.7 Å². The van der Waals surface area contributed by atoms with Crippen molar-refractivity contribution in [2.45, 2.75) is 82.6 Å². The van der Waals surface area contributed by atoms with Crippen molar-refractivity contribution in [3.05, 3.63) is 39.1 Å². The van der Waals surface area contributed by atoms with E-state index in [1.165, 1.54) is 4.68 Å². The molecular formula is C22H26Cl3N3O5. The lowest BCUT2D eigenvalue weighted by Gasteiger charge is -2.44. The minimum atomic E-state index is -0.700. The maximum absolute atomic E-state index is 6.42. The Kier molecular flexibility index (Phi) is 5.98. The Morgan fingerprint density at radius 1 is 1.09 bits per heavy atom. The highest BCUT2D eigenvalue weighted by Crippen LogP contribution is 2.48. The average Bonchev–Trinajstić information content (AvgIpc) is 3.36. The topological polar surface area (TPSA) is 76.9 Å². The van der Waals surface area contributed by atoms with Gasteiger partial charge in [0, 0.05) is 5.02 Å². The molecule has 0 radical (unpaired) electrons. The van der Waals surface area contributed by atoms with Gasteiger partial charge in [0.05, 0.1) is 35.6 Å². The van der Waals surface area contributed by atoms with Gasteiger partial charge in [-0.25, -0.2) is 4.68 Å². The van der Waals surface area contributed by atoms with E-state index in [0.29, 0.717) is 33.1 Å². The van der Waals surface area contributed by atoms with E-state index < -0.39 is 23.3 Å². The van der Waals surface area contributed by atoms with Crippen LogP contribution in [0.1, 0.15) is 46.2 Å². The number of ether oxygens (including phenoxy) is 5. The molecule has 3 heterocycles. The van der Waals surface area contributed by atoms with E-state index in [1.54, 1.807) is 18.3 Å². The molecule has 1 aromatic carbocycles. The summed E-state index contributed by atoms with van der Waals surface area (Å²) in [5.41, 5.74) is 0.470. The summed E-state index contributed by atoms with van der Waals surface area (Å²) in [4.78, 5) is 0. The molecule has 2 saturated heterocycles. The molecule has 2 aliphatic heterocycles. The fourth-order valence-electron chi connectivity index (χ4n) is 4.93. The van der Waals surface area contributed by atoms with Crippen LogP contribution in [-0.2, 0) is 30.3 Å². The minimum absolute atomic E-state index is 0.0784. The van der Waals surface area contributed by atoms with Crippen LogP contribution in [0, 0.1) is 0 Å². The van der Waals surface area contributed by atoms with Crippen LogP contribution in [0.15, 0.2) is 18.3 Å². The molecule has 1 spiro atoms. The van der Waals surface area contributed by atoms with Crippen molar-refractivity contribution in [1.82, 2.24) is 15.0 Å². The van der Waals surface area contributed by atoms with Crippen molar-refractivity contribution in [2.75, 3.05) is 6.61 Å². The summed E-state index contributed by atoms with van der Waals surface area (Å²) in [6.45, 7) is 8.25. The SMILES string of the molecule is CC1(C)O[C@@H]2[C@@H](CC[C@]3(COC(C)(C)O3)[C@H]2OCc2cn(-c3c(Cl)cc(Cl)cc3Cl)nn2)O1. The van der Waals surface area contributed by atoms with Gasteiger partial charge < -0.3 is 23.7 Å². The zero-order chi connectivity index (χ0) is 23.6. The molecule has 0 unspecified atom stereocenters. The van der Waals surface area contributed by atoms with Crippen molar-refractivity contribution in [1.29, 1.82) is 0 Å². The minimum Gasteiger partial charge on any atom is -0.366 e. The Morgan fingerprint density at radius 3 is 2.48 bits per heavy atom. The lowest BCUT2D eigenvalue weighted by Crippen LogP contribution is -2.59. The third-order valence-corrected chi connectivity index (χ3v) is 6.96. The Bertz CT molecular complexity index is 1040. The average molecular weight is 519 g/mol. The maximum atomic E-state index is 6.42. The number of nitrogens with zero attached hydrogens (tertiary/aromatic N) is 3. The molecule has 5 rings (SSSR count). The fourth-order valence-corrected chi connectivity index (χ4v) is 5.92. The molecule has 3 aliphatic rings. The molecular weight excluding hydrogens is 493 g/mol. The van der Waals surface area contributed by atoms with Gasteiger partial charge in [-0.05, 0) is 52.7 Å². The van der Waals surface area contributed by atoms with Crippen LogP contribution in [-0.4, -0.2) is 57.1 Å². The van der Waals surface area contributed by atoms with E-state index >= 15 is 0 Å². The number of rotatable bonds is 4. The number of benzene rings is 1. The second-order valence-corrected chi connectivity index (χ2v) is 10.9. The molecule has 1 aromatic heterocycles. The molecule has 180 valence electrons. The maximum Gasteiger partial charge on any atom is 0.163 e. The van der Waals surface area contributed by atoms with E-state index in [-0.39, 0.29) is 18.8 Å². The zero-order valence-corrected chi connectivity index (χ0v) is 21.1. The summed E-state index contributed by atoms with van der Waals surface area (Å²) in [7, 11) is 0. The van der Waals surface area contributed by atoms with E-state index in [4.69, 9.17) is 58.5 Å². The number of hydrogen-bond donors (Lipinski definition) is 0. The standard InChI is InChI=1S/C22H26Cl3N3O5/c1-20(2)30-11-22(33-20)6-5-16-18(32-21(3,4)31-16)19(22)29-10-13-9-28(27-26-13)17-14(24)7-12(23)8-15(17)25/h7-9,16,18-19H,5-6,10-11H2,1-4H3/t16-,18-,19+,22+/m1/s1. The molecule has 0 N–H and O–H groups in total. The summed E-state index contributed by atoms with van der Waals surface area (Å²) in [5.74, 6) is -1.39. The first-order chi connectivity index (χ1) is 15.5. The highest BCUT2D eigenvalue weighted by Gasteiger charge is 2.61. The Morgan fingerprint density at radius 2 is 1.82 bits per heavy atom. The van der Waals surface area contributed by atoms with Gasteiger partial charge in [-0.15, -0.1) is 5.10 Å². The number of hydrogen-bond acceptors (Lipinski definition) is 7. The van der Waals surface area contributed by atoms with Gasteiger partial charge in [0.15, 0.2) is 11.6 Å². The number of halogens is 3. The predicted octanol–water partition coefficient (Wildman–Crippen LogP) is 4.95. The molecule has 0 amide bonds. The summed E-state index contributed by atoms with van der Waals surface area (Å²) in [6.07, 6.45) is 2.49. The Hall–Kier alpha value is -0.970. The zero-order valence-electron chi connectivity index (χ0n) is 18.8. The molecule has 33 heavy (non-hydrogen) atoms. The lowest BCUT2D eigenvalue weighted by atomic mass is 9.79. The van der Waals surface area contributed by atoms with Gasteiger partial charge >= 0.3 is 0 Å². The normalized spacial score (nSPS) is 32.4. The monoisotopic (exact) mass is 517 g/mol. The van der Waals surface area contributed by atoms with E-state index in [9.17, 15) is 0 Å². The molecule has 2 aromatic rings. The molecule has 8 nitrogen and oxygen atoms in total. The van der Waals surface area contributed by atoms with Crippen LogP contribution in [0.2, 0.25) is 15.1 Å². The van der Waals surface area contributed by atoms with Crippen LogP contribution in [0.5, 0.6) is 0 Å². The smallest absolute Gasteiger partial charge is 0.163 e. The van der Waals surface area contributed by atoms with Crippen molar-refractivity contribution >= 4 is 34.8 Å². The molecule has 11 heteroatoms. The Labute approximate surface area is 207 Å². The first kappa shape index (κ1) is 23.8. The third kappa shape index (κ3) is 4.52. The van der Waals surface area contributed by atoms with Crippen molar-refractivity contribution in [3.63, 3.8) is 0 Å². The van der Waals surface area contributed by atoms with E-state index in [2.05, 4.69) is 10.3 Å². The highest BCUT2D eigenvalue weighted by molar-refractivity contribution is 6.40. The second-order valence-electron chi connectivity index (χ2n) is 9.64. The summed E-state index contributed by atoms with van der Waals surface area (Å²) >= 11 is 18.7. The van der Waals surface area contributed by atoms with Crippen LogP contribution in [0.4, 0.5) is 0 Å². The van der Waals surface area contributed by atoms with Crippen LogP contribution < -0.4 is 0 Å². The van der Waals surface area contributed by atoms with Gasteiger partial charge in [0.2, 0.25) is 0 Å².